The second-order valence-electron chi connectivity index (χ2n) is 7.24. The molecule has 2 aromatic carbocycles. The average molecular weight is 411 g/mol. The fourth-order valence-electron chi connectivity index (χ4n) is 3.59. The summed E-state index contributed by atoms with van der Waals surface area (Å²) in [6, 6.07) is 16.0. The van der Waals surface area contributed by atoms with E-state index in [1.807, 2.05) is 58.9 Å². The molecule has 0 unspecified atom stereocenters. The third kappa shape index (κ3) is 5.14. The predicted molar refractivity (Wildman–Crippen MR) is 119 cm³/mol. The van der Waals surface area contributed by atoms with E-state index in [1.54, 1.807) is 7.11 Å². The Morgan fingerprint density at radius 1 is 1.21 bits per heavy atom. The van der Waals surface area contributed by atoms with Crippen molar-refractivity contribution in [2.75, 3.05) is 25.6 Å². The quantitative estimate of drug-likeness (QED) is 0.613. The molecule has 152 valence electrons. The first-order valence-electron chi connectivity index (χ1n) is 9.92. The molecule has 0 saturated carbocycles. The Bertz CT molecular complexity index is 979. The van der Waals surface area contributed by atoms with E-state index in [4.69, 9.17) is 9.47 Å². The number of ether oxygens (including phenoxy) is 2. The van der Waals surface area contributed by atoms with Gasteiger partial charge in [-0.15, -0.1) is 0 Å². The van der Waals surface area contributed by atoms with Gasteiger partial charge in [-0.25, -0.2) is 0 Å². The summed E-state index contributed by atoms with van der Waals surface area (Å²) >= 11 is 1.98. The molecule has 1 N–H and O–H groups in total. The number of benzene rings is 2. The highest BCUT2D eigenvalue weighted by Gasteiger charge is 2.14. The molecule has 5 nitrogen and oxygen atoms in total. The van der Waals surface area contributed by atoms with Crippen LogP contribution in [0.15, 0.2) is 54.7 Å². The van der Waals surface area contributed by atoms with Crippen LogP contribution < -0.4 is 10.1 Å². The van der Waals surface area contributed by atoms with Gasteiger partial charge in [0.05, 0.1) is 7.11 Å². The van der Waals surface area contributed by atoms with Crippen molar-refractivity contribution in [1.29, 1.82) is 0 Å². The minimum Gasteiger partial charge on any atom is -0.497 e. The van der Waals surface area contributed by atoms with E-state index in [9.17, 15) is 4.79 Å². The fraction of sp³-hybridized carbons (Fsp3) is 0.348. The minimum absolute atomic E-state index is 0.0347. The Labute approximate surface area is 175 Å². The molecule has 29 heavy (non-hydrogen) atoms. The van der Waals surface area contributed by atoms with Crippen molar-refractivity contribution < 1.29 is 14.3 Å². The third-order valence-electron chi connectivity index (χ3n) is 5.16. The number of amides is 1. The number of carbonyl (C=O) groups is 1. The van der Waals surface area contributed by atoms with Crippen molar-refractivity contribution in [2.24, 2.45) is 0 Å². The molecule has 1 aliphatic heterocycles. The molecule has 4 rings (SSSR count). The third-order valence-corrected chi connectivity index (χ3v) is 6.60. The van der Waals surface area contributed by atoms with Crippen molar-refractivity contribution in [3.05, 3.63) is 60.3 Å². The van der Waals surface area contributed by atoms with Gasteiger partial charge < -0.3 is 19.4 Å². The van der Waals surface area contributed by atoms with Crippen LogP contribution in [-0.2, 0) is 21.8 Å². The lowest BCUT2D eigenvalue weighted by atomic mass is 10.2. The van der Waals surface area contributed by atoms with Crippen LogP contribution in [0, 0.1) is 0 Å². The van der Waals surface area contributed by atoms with E-state index < -0.39 is 0 Å². The first kappa shape index (κ1) is 19.9. The Balaban J connectivity index is 1.36. The highest BCUT2D eigenvalue weighted by molar-refractivity contribution is 7.99. The minimum atomic E-state index is -0.0347. The maximum absolute atomic E-state index is 12.6. The van der Waals surface area contributed by atoms with E-state index in [0.29, 0.717) is 5.25 Å². The molecule has 1 fully saturated rings. The van der Waals surface area contributed by atoms with Gasteiger partial charge in [-0.1, -0.05) is 12.1 Å². The van der Waals surface area contributed by atoms with Crippen LogP contribution in [0.2, 0.25) is 0 Å². The number of nitrogens with one attached hydrogen (secondary N) is 1. The lowest BCUT2D eigenvalue weighted by molar-refractivity contribution is -0.116. The van der Waals surface area contributed by atoms with Crippen molar-refractivity contribution in [1.82, 2.24) is 4.57 Å². The fourth-order valence-corrected chi connectivity index (χ4v) is 4.73. The number of nitrogens with zero attached hydrogens (tertiary/aromatic N) is 1. The Kier molecular flexibility index (Phi) is 6.42. The van der Waals surface area contributed by atoms with Gasteiger partial charge in [-0.3, -0.25) is 4.79 Å². The van der Waals surface area contributed by atoms with Gasteiger partial charge in [-0.2, -0.15) is 11.8 Å². The van der Waals surface area contributed by atoms with Gasteiger partial charge in [0.1, 0.15) is 12.3 Å². The molecule has 2 heterocycles. The van der Waals surface area contributed by atoms with Crippen LogP contribution in [0.1, 0.15) is 18.4 Å². The number of thioether (sulfide) groups is 1. The van der Waals surface area contributed by atoms with E-state index >= 15 is 0 Å². The molecule has 1 aliphatic rings. The van der Waals surface area contributed by atoms with E-state index in [2.05, 4.69) is 17.4 Å². The number of carbonyl (C=O) groups excluding carboxylic acids is 1. The van der Waals surface area contributed by atoms with Crippen molar-refractivity contribution in [2.45, 2.75) is 30.4 Å². The van der Waals surface area contributed by atoms with Crippen LogP contribution in [-0.4, -0.2) is 36.0 Å². The zero-order chi connectivity index (χ0) is 20.1. The normalized spacial score (nSPS) is 14.8. The number of hydrogen-bond acceptors (Lipinski definition) is 4. The van der Waals surface area contributed by atoms with Crippen molar-refractivity contribution in [3.63, 3.8) is 0 Å². The summed E-state index contributed by atoms with van der Waals surface area (Å²) in [5.74, 6) is 1.74. The Hall–Kier alpha value is -2.44. The molecule has 0 radical (unpaired) electrons. The van der Waals surface area contributed by atoms with Gasteiger partial charge >= 0.3 is 0 Å². The van der Waals surface area contributed by atoms with Crippen LogP contribution in [0.5, 0.6) is 5.75 Å². The lowest BCUT2D eigenvalue weighted by Gasteiger charge is -2.21. The monoisotopic (exact) mass is 410 g/mol. The van der Waals surface area contributed by atoms with E-state index in [-0.39, 0.29) is 12.5 Å². The molecule has 0 aliphatic carbocycles. The topological polar surface area (TPSA) is 52.5 Å². The SMILES string of the molecule is COc1ccc2c(ccn2CC(=O)Nc2cccc(CSC3CCOCC3)c2)c1. The zero-order valence-corrected chi connectivity index (χ0v) is 17.4. The highest BCUT2D eigenvalue weighted by Crippen LogP contribution is 2.26. The molecule has 0 bridgehead atoms. The van der Waals surface area contributed by atoms with E-state index in [0.717, 1.165) is 54.1 Å². The maximum atomic E-state index is 12.6. The van der Waals surface area contributed by atoms with Crippen LogP contribution in [0.25, 0.3) is 10.9 Å². The lowest BCUT2D eigenvalue weighted by Crippen LogP contribution is -2.18. The van der Waals surface area contributed by atoms with Crippen LogP contribution >= 0.6 is 11.8 Å². The van der Waals surface area contributed by atoms with E-state index in [1.165, 1.54) is 5.56 Å². The molecule has 1 saturated heterocycles. The number of rotatable bonds is 7. The first-order valence-corrected chi connectivity index (χ1v) is 11.0. The molecular formula is C23H26N2O3S. The molecule has 0 atom stereocenters. The number of anilines is 1. The standard InChI is InChI=1S/C23H26N2O3S/c1-27-20-5-6-22-18(14-20)7-10-25(22)15-23(26)24-19-4-2-3-17(13-19)16-29-21-8-11-28-12-9-21/h2-7,10,13-14,21H,8-9,11-12,15-16H2,1H3,(H,24,26). The average Bonchev–Trinajstić information content (AvgIpc) is 3.15. The molecule has 1 aromatic heterocycles. The zero-order valence-electron chi connectivity index (χ0n) is 16.6. The smallest absolute Gasteiger partial charge is 0.244 e. The molecule has 0 spiro atoms. The molecule has 1 amide bonds. The summed E-state index contributed by atoms with van der Waals surface area (Å²) in [7, 11) is 1.65. The summed E-state index contributed by atoms with van der Waals surface area (Å²) in [6.07, 6.45) is 4.18. The summed E-state index contributed by atoms with van der Waals surface area (Å²) in [6.45, 7) is 2.01. The number of aromatic nitrogens is 1. The van der Waals surface area contributed by atoms with Crippen LogP contribution in [0.3, 0.4) is 0 Å². The number of fused-ring (bicyclic) bond motifs is 1. The Morgan fingerprint density at radius 2 is 2.07 bits per heavy atom. The predicted octanol–water partition coefficient (Wildman–Crippen LogP) is 4.70. The second-order valence-corrected chi connectivity index (χ2v) is 8.53. The van der Waals surface area contributed by atoms with Crippen molar-refractivity contribution >= 4 is 34.3 Å². The van der Waals surface area contributed by atoms with Crippen LogP contribution in [0.4, 0.5) is 5.69 Å². The molecule has 3 aromatic rings. The summed E-state index contributed by atoms with van der Waals surface area (Å²) in [5.41, 5.74) is 3.10. The van der Waals surface area contributed by atoms with Crippen molar-refractivity contribution in [3.8, 4) is 5.75 Å². The molecule has 6 heteroatoms. The van der Waals surface area contributed by atoms with Gasteiger partial charge in [0.2, 0.25) is 5.91 Å². The van der Waals surface area contributed by atoms with Gasteiger partial charge in [0, 0.05) is 47.0 Å². The second kappa shape index (κ2) is 9.37. The van der Waals surface area contributed by atoms with Gasteiger partial charge in [0.25, 0.3) is 0 Å². The first-order chi connectivity index (χ1) is 14.2. The Morgan fingerprint density at radius 3 is 2.90 bits per heavy atom. The molecular weight excluding hydrogens is 384 g/mol. The highest BCUT2D eigenvalue weighted by atomic mass is 32.2. The number of methoxy groups -OCH3 is 1. The van der Waals surface area contributed by atoms with Gasteiger partial charge in [-0.05, 0) is 54.8 Å². The number of hydrogen-bond donors (Lipinski definition) is 1. The largest absolute Gasteiger partial charge is 0.497 e. The summed E-state index contributed by atoms with van der Waals surface area (Å²) in [5, 5.41) is 4.76. The van der Waals surface area contributed by atoms with Gasteiger partial charge in [0.15, 0.2) is 0 Å². The maximum Gasteiger partial charge on any atom is 0.244 e. The summed E-state index contributed by atoms with van der Waals surface area (Å²) in [4.78, 5) is 12.6. The summed E-state index contributed by atoms with van der Waals surface area (Å²) < 4.78 is 12.6.